The summed E-state index contributed by atoms with van der Waals surface area (Å²) in [6.07, 6.45) is 3.06. The van der Waals surface area contributed by atoms with Crippen LogP contribution in [0.3, 0.4) is 0 Å². The van der Waals surface area contributed by atoms with Gasteiger partial charge < -0.3 is 10.5 Å². The molecule has 13 heavy (non-hydrogen) atoms. The first-order valence-corrected chi connectivity index (χ1v) is 3.71. The number of Topliss-reactive ketones (excluding diaryl/α,β-unsaturated/α-hetero) is 1. The number of hydrogen-bond acceptors (Lipinski definition) is 3. The zero-order valence-corrected chi connectivity index (χ0v) is 7.65. The molecule has 1 heterocycles. The van der Waals surface area contributed by atoms with Crippen LogP contribution in [0.25, 0.3) is 0 Å². The Labute approximate surface area is 76.8 Å². The van der Waals surface area contributed by atoms with Crippen LogP contribution in [0, 0.1) is 0 Å². The number of nitrogens with two attached hydrogens (primary N) is 1. The highest BCUT2D eigenvalue weighted by Gasteiger charge is 1.94. The quantitative estimate of drug-likeness (QED) is 0.693. The van der Waals surface area contributed by atoms with Gasteiger partial charge in [-0.2, -0.15) is 0 Å². The average molecular weight is 180 g/mol. The standard InChI is InChI=1S/C6H6N2O.C3H6O/c7-6(9)5-1-3-8-4-2-5;1-3(2)4/h1-4H,(H2,7,9);1-2H3. The third-order valence-corrected chi connectivity index (χ3v) is 0.965. The lowest BCUT2D eigenvalue weighted by Crippen LogP contribution is -2.10. The zero-order valence-electron chi connectivity index (χ0n) is 7.65. The van der Waals surface area contributed by atoms with Crippen LogP contribution in [-0.4, -0.2) is 16.7 Å². The number of ketones is 1. The monoisotopic (exact) mass is 180 g/mol. The van der Waals surface area contributed by atoms with Gasteiger partial charge in [0.1, 0.15) is 5.78 Å². The van der Waals surface area contributed by atoms with Gasteiger partial charge in [-0.05, 0) is 26.0 Å². The predicted octanol–water partition coefficient (Wildman–Crippen LogP) is 0.776. The molecule has 0 aliphatic rings. The van der Waals surface area contributed by atoms with Crippen molar-refractivity contribution in [3.63, 3.8) is 0 Å². The molecule has 4 heteroatoms. The number of carbonyl (C=O) groups is 2. The van der Waals surface area contributed by atoms with E-state index in [-0.39, 0.29) is 5.78 Å². The summed E-state index contributed by atoms with van der Waals surface area (Å²) >= 11 is 0. The molecule has 1 aromatic rings. The van der Waals surface area contributed by atoms with Crippen molar-refractivity contribution in [3.8, 4) is 0 Å². The maximum atomic E-state index is 10.4. The first kappa shape index (κ1) is 11.3. The first-order chi connectivity index (χ1) is 6.04. The molecule has 1 rings (SSSR count). The summed E-state index contributed by atoms with van der Waals surface area (Å²) in [5, 5.41) is 0. The van der Waals surface area contributed by atoms with Gasteiger partial charge >= 0.3 is 0 Å². The number of nitrogens with zero attached hydrogens (tertiary/aromatic N) is 1. The molecule has 0 spiro atoms. The van der Waals surface area contributed by atoms with Gasteiger partial charge in [0.2, 0.25) is 5.91 Å². The second kappa shape index (κ2) is 5.88. The van der Waals surface area contributed by atoms with E-state index in [0.717, 1.165) is 0 Å². The van der Waals surface area contributed by atoms with Crippen molar-refractivity contribution >= 4 is 11.7 Å². The average Bonchev–Trinajstić information content (AvgIpc) is 2.05. The molecule has 0 radical (unpaired) electrons. The van der Waals surface area contributed by atoms with Gasteiger partial charge in [-0.15, -0.1) is 0 Å². The Morgan fingerprint density at radius 2 is 1.62 bits per heavy atom. The maximum Gasteiger partial charge on any atom is 0.248 e. The van der Waals surface area contributed by atoms with Crippen LogP contribution in [0.2, 0.25) is 0 Å². The van der Waals surface area contributed by atoms with E-state index in [1.165, 1.54) is 26.2 Å². The lowest BCUT2D eigenvalue weighted by Gasteiger charge is -1.88. The minimum Gasteiger partial charge on any atom is -0.366 e. The summed E-state index contributed by atoms with van der Waals surface area (Å²) in [5.74, 6) is -0.252. The fourth-order valence-corrected chi connectivity index (χ4v) is 0.516. The second-order valence-electron chi connectivity index (χ2n) is 2.51. The molecule has 70 valence electrons. The van der Waals surface area contributed by atoms with Crippen LogP contribution in [-0.2, 0) is 4.79 Å². The Kier molecular flexibility index (Phi) is 5.11. The number of primary amides is 1. The summed E-state index contributed by atoms with van der Waals surface area (Å²) in [6.45, 7) is 3.06. The van der Waals surface area contributed by atoms with Crippen LogP contribution in [0.5, 0.6) is 0 Å². The largest absolute Gasteiger partial charge is 0.366 e. The minimum absolute atomic E-state index is 0.167. The Hall–Kier alpha value is -1.71. The van der Waals surface area contributed by atoms with E-state index in [1.807, 2.05) is 0 Å². The van der Waals surface area contributed by atoms with Crippen molar-refractivity contribution in [1.82, 2.24) is 4.98 Å². The van der Waals surface area contributed by atoms with Crippen LogP contribution in [0.1, 0.15) is 24.2 Å². The number of carbonyl (C=O) groups excluding carboxylic acids is 2. The molecular weight excluding hydrogens is 168 g/mol. The van der Waals surface area contributed by atoms with Crippen LogP contribution < -0.4 is 5.73 Å². The highest BCUT2D eigenvalue weighted by Crippen LogP contribution is 1.91. The molecule has 4 nitrogen and oxygen atoms in total. The Morgan fingerprint density at radius 1 is 1.23 bits per heavy atom. The topological polar surface area (TPSA) is 73.1 Å². The van der Waals surface area contributed by atoms with Gasteiger partial charge in [0.15, 0.2) is 0 Å². The van der Waals surface area contributed by atoms with Gasteiger partial charge in [0, 0.05) is 18.0 Å². The van der Waals surface area contributed by atoms with Crippen LogP contribution >= 0.6 is 0 Å². The smallest absolute Gasteiger partial charge is 0.248 e. The minimum atomic E-state index is -0.419. The number of rotatable bonds is 1. The highest BCUT2D eigenvalue weighted by molar-refractivity contribution is 5.92. The van der Waals surface area contributed by atoms with Crippen molar-refractivity contribution < 1.29 is 9.59 Å². The van der Waals surface area contributed by atoms with E-state index in [0.29, 0.717) is 5.56 Å². The van der Waals surface area contributed by atoms with Crippen molar-refractivity contribution in [2.75, 3.05) is 0 Å². The normalized spacial score (nSPS) is 8.15. The summed E-state index contributed by atoms with van der Waals surface area (Å²) in [6, 6.07) is 3.14. The predicted molar refractivity (Wildman–Crippen MR) is 49.1 cm³/mol. The number of pyridine rings is 1. The van der Waals surface area contributed by atoms with E-state index in [4.69, 9.17) is 5.73 Å². The number of amides is 1. The molecule has 1 amide bonds. The SMILES string of the molecule is CC(C)=O.NC(=O)c1ccncc1. The lowest BCUT2D eigenvalue weighted by molar-refractivity contribution is -0.114. The molecule has 1 aromatic heterocycles. The van der Waals surface area contributed by atoms with E-state index < -0.39 is 5.91 Å². The third kappa shape index (κ3) is 6.68. The molecule has 0 atom stereocenters. The molecule has 0 saturated heterocycles. The molecule has 0 unspecified atom stereocenters. The second-order valence-corrected chi connectivity index (χ2v) is 2.51. The van der Waals surface area contributed by atoms with Gasteiger partial charge in [-0.25, -0.2) is 0 Å². The summed E-state index contributed by atoms with van der Waals surface area (Å²) in [7, 11) is 0. The Bertz CT molecular complexity index is 279. The van der Waals surface area contributed by atoms with Crippen molar-refractivity contribution in [1.29, 1.82) is 0 Å². The van der Waals surface area contributed by atoms with Gasteiger partial charge in [0.25, 0.3) is 0 Å². The summed E-state index contributed by atoms with van der Waals surface area (Å²) < 4.78 is 0. The van der Waals surface area contributed by atoms with Crippen molar-refractivity contribution in [2.24, 2.45) is 5.73 Å². The summed E-state index contributed by atoms with van der Waals surface area (Å²) in [4.78, 5) is 23.6. The zero-order chi connectivity index (χ0) is 10.3. The molecule has 0 fully saturated rings. The van der Waals surface area contributed by atoms with Crippen LogP contribution in [0.4, 0.5) is 0 Å². The van der Waals surface area contributed by atoms with E-state index >= 15 is 0 Å². The van der Waals surface area contributed by atoms with Crippen molar-refractivity contribution in [2.45, 2.75) is 13.8 Å². The molecular formula is C9H12N2O2. The fourth-order valence-electron chi connectivity index (χ4n) is 0.516. The molecule has 0 aliphatic carbocycles. The molecule has 0 saturated carbocycles. The van der Waals surface area contributed by atoms with E-state index in [2.05, 4.69) is 4.98 Å². The molecule has 0 aromatic carbocycles. The Morgan fingerprint density at radius 3 is 1.85 bits per heavy atom. The molecule has 0 aliphatic heterocycles. The summed E-state index contributed by atoms with van der Waals surface area (Å²) in [5.41, 5.74) is 5.44. The van der Waals surface area contributed by atoms with Gasteiger partial charge in [-0.1, -0.05) is 0 Å². The van der Waals surface area contributed by atoms with Gasteiger partial charge in [-0.3, -0.25) is 9.78 Å². The third-order valence-electron chi connectivity index (χ3n) is 0.965. The lowest BCUT2D eigenvalue weighted by atomic mass is 10.3. The van der Waals surface area contributed by atoms with E-state index in [9.17, 15) is 9.59 Å². The van der Waals surface area contributed by atoms with Crippen LogP contribution in [0.15, 0.2) is 24.5 Å². The molecule has 0 bridgehead atoms. The fraction of sp³-hybridized carbons (Fsp3) is 0.222. The highest BCUT2D eigenvalue weighted by atomic mass is 16.1. The Balaban J connectivity index is 0.000000310. The first-order valence-electron chi connectivity index (χ1n) is 3.71. The number of hydrogen-bond donors (Lipinski definition) is 1. The maximum absolute atomic E-state index is 10.4. The van der Waals surface area contributed by atoms with Crippen molar-refractivity contribution in [3.05, 3.63) is 30.1 Å². The molecule has 2 N–H and O–H groups in total. The number of aromatic nitrogens is 1. The van der Waals surface area contributed by atoms with Gasteiger partial charge in [0.05, 0.1) is 0 Å². The van der Waals surface area contributed by atoms with E-state index in [1.54, 1.807) is 12.1 Å².